The summed E-state index contributed by atoms with van der Waals surface area (Å²) in [5.41, 5.74) is -1.11. The molecule has 13 heteroatoms. The van der Waals surface area contributed by atoms with Crippen LogP contribution in [0.4, 0.5) is 4.39 Å². The molecule has 0 aromatic carbocycles. The fraction of sp³-hybridized carbons (Fsp3) is 0.600. The van der Waals surface area contributed by atoms with Gasteiger partial charge < -0.3 is 23.6 Å². The van der Waals surface area contributed by atoms with Crippen LogP contribution in [-0.2, 0) is 13.8 Å². The summed E-state index contributed by atoms with van der Waals surface area (Å²) >= 11 is 0. The maximum atomic E-state index is 13.7. The van der Waals surface area contributed by atoms with Gasteiger partial charge in [0.25, 0.3) is 5.56 Å². The zero-order chi connectivity index (χ0) is 15.8. The fourth-order valence-corrected chi connectivity index (χ4v) is 2.30. The number of ether oxygens (including phenoxy) is 1. The second-order valence-electron chi connectivity index (χ2n) is 4.60. The minimum atomic E-state index is -5.22. The SMILES string of the molecule is Cc1cn([C@H]2C[C@H](F)[C@@H](COP(=O)([O-])[O-])O2)c(=O)[nH]c1=O.[Na+].[Na+]. The summed E-state index contributed by atoms with van der Waals surface area (Å²) in [5.74, 6) is 0. The van der Waals surface area contributed by atoms with Crippen LogP contribution in [0.2, 0.25) is 0 Å². The van der Waals surface area contributed by atoms with E-state index in [9.17, 15) is 28.3 Å². The number of H-pyrrole nitrogens is 1. The Labute approximate surface area is 174 Å². The van der Waals surface area contributed by atoms with Gasteiger partial charge in [-0.1, -0.05) is 0 Å². The van der Waals surface area contributed by atoms with Crippen LogP contribution < -0.4 is 80.2 Å². The number of hydrogen-bond donors (Lipinski definition) is 1. The van der Waals surface area contributed by atoms with E-state index in [2.05, 4.69) is 4.52 Å². The van der Waals surface area contributed by atoms with Crippen molar-refractivity contribution in [2.24, 2.45) is 0 Å². The molecule has 23 heavy (non-hydrogen) atoms. The molecule has 0 bridgehead atoms. The van der Waals surface area contributed by atoms with Crippen LogP contribution in [0.3, 0.4) is 0 Å². The molecule has 1 aliphatic heterocycles. The molecule has 2 rings (SSSR count). The second kappa shape index (κ2) is 9.40. The Morgan fingerprint density at radius 1 is 1.48 bits per heavy atom. The predicted molar refractivity (Wildman–Crippen MR) is 63.0 cm³/mol. The van der Waals surface area contributed by atoms with E-state index in [0.717, 1.165) is 4.57 Å². The van der Waals surface area contributed by atoms with E-state index >= 15 is 0 Å². The number of aryl methyl sites for hydroxylation is 1. The number of phosphoric ester groups is 1. The molecule has 1 N–H and O–H groups in total. The minimum Gasteiger partial charge on any atom is -0.790 e. The van der Waals surface area contributed by atoms with Gasteiger partial charge in [0.05, 0.1) is 14.4 Å². The normalized spacial score (nSPS) is 23.9. The van der Waals surface area contributed by atoms with Crippen molar-refractivity contribution in [2.45, 2.75) is 31.8 Å². The molecular formula is C10H12FN2Na2O7P. The first-order valence-corrected chi connectivity index (χ1v) is 7.41. The maximum absolute atomic E-state index is 13.7. The van der Waals surface area contributed by atoms with Crippen molar-refractivity contribution >= 4 is 7.82 Å². The number of aromatic nitrogens is 2. The van der Waals surface area contributed by atoms with Crippen LogP contribution in [0.5, 0.6) is 0 Å². The fourth-order valence-electron chi connectivity index (χ4n) is 1.97. The molecule has 118 valence electrons. The Kier molecular flexibility index (Phi) is 9.68. The van der Waals surface area contributed by atoms with Crippen LogP contribution in [-0.4, -0.2) is 28.4 Å². The third-order valence-electron chi connectivity index (χ3n) is 3.02. The number of halogens is 1. The molecule has 0 aliphatic carbocycles. The first-order chi connectivity index (χ1) is 9.67. The van der Waals surface area contributed by atoms with Crippen molar-refractivity contribution in [2.75, 3.05) is 6.61 Å². The molecule has 1 aliphatic rings. The predicted octanol–water partition coefficient (Wildman–Crippen LogP) is -7.68. The number of alkyl halides is 1. The third kappa shape index (κ3) is 6.48. The molecule has 0 unspecified atom stereocenters. The van der Waals surface area contributed by atoms with Crippen molar-refractivity contribution in [1.29, 1.82) is 0 Å². The topological polar surface area (TPSA) is 137 Å². The van der Waals surface area contributed by atoms with Gasteiger partial charge >= 0.3 is 64.8 Å². The third-order valence-corrected chi connectivity index (χ3v) is 3.48. The van der Waals surface area contributed by atoms with Crippen LogP contribution in [0.25, 0.3) is 0 Å². The van der Waals surface area contributed by atoms with Crippen LogP contribution in [0, 0.1) is 6.92 Å². The van der Waals surface area contributed by atoms with Crippen molar-refractivity contribution in [3.63, 3.8) is 0 Å². The molecule has 0 amide bonds. The van der Waals surface area contributed by atoms with Gasteiger partial charge in [0.1, 0.15) is 18.5 Å². The molecule has 3 atom stereocenters. The molecule has 0 spiro atoms. The maximum Gasteiger partial charge on any atom is 1.00 e. The standard InChI is InChI=1S/C10H14FN2O7P.2Na/c1-5-3-13(10(15)12-9(5)14)8-2-6(11)7(20-8)4-19-21(16,17)18;;/h3,6-8H,2,4H2,1H3,(H,12,14,15)(H2,16,17,18);;/q;2*+1/p-2/t6-,7+,8+;;/m0../s1. The van der Waals surface area contributed by atoms with Crippen LogP contribution in [0.1, 0.15) is 18.2 Å². The van der Waals surface area contributed by atoms with Gasteiger partial charge in [0.15, 0.2) is 0 Å². The smallest absolute Gasteiger partial charge is 0.790 e. The molecule has 0 radical (unpaired) electrons. The second-order valence-corrected chi connectivity index (χ2v) is 5.76. The van der Waals surface area contributed by atoms with Gasteiger partial charge in [-0.2, -0.15) is 0 Å². The molecular weight excluding hydrogens is 356 g/mol. The van der Waals surface area contributed by atoms with Crippen molar-refractivity contribution in [3.8, 4) is 0 Å². The van der Waals surface area contributed by atoms with E-state index in [1.807, 2.05) is 4.98 Å². The number of aromatic amines is 1. The summed E-state index contributed by atoms with van der Waals surface area (Å²) in [5, 5.41) is 0. The molecule has 1 fully saturated rings. The molecule has 0 saturated carbocycles. The van der Waals surface area contributed by atoms with Gasteiger partial charge in [-0.3, -0.25) is 14.3 Å². The van der Waals surface area contributed by atoms with E-state index in [1.165, 1.54) is 13.1 Å². The average Bonchev–Trinajstić information content (AvgIpc) is 2.72. The number of rotatable bonds is 4. The zero-order valence-corrected chi connectivity index (χ0v) is 17.7. The number of nitrogens with zero attached hydrogens (tertiary/aromatic N) is 1. The zero-order valence-electron chi connectivity index (χ0n) is 12.9. The Morgan fingerprint density at radius 2 is 2.09 bits per heavy atom. The van der Waals surface area contributed by atoms with Crippen LogP contribution in [0.15, 0.2) is 15.8 Å². The number of nitrogens with one attached hydrogen (secondary N) is 1. The Bertz CT molecular complexity index is 691. The number of hydrogen-bond acceptors (Lipinski definition) is 7. The van der Waals surface area contributed by atoms with E-state index in [-0.39, 0.29) is 71.1 Å². The van der Waals surface area contributed by atoms with Crippen LogP contribution >= 0.6 is 7.82 Å². The average molecular weight is 368 g/mol. The molecule has 1 saturated heterocycles. The summed E-state index contributed by atoms with van der Waals surface area (Å²) in [6, 6.07) is 0. The Morgan fingerprint density at radius 3 is 2.65 bits per heavy atom. The van der Waals surface area contributed by atoms with Crippen molar-refractivity contribution in [1.82, 2.24) is 9.55 Å². The van der Waals surface area contributed by atoms with Gasteiger partial charge in [-0.15, -0.1) is 0 Å². The first kappa shape index (κ1) is 23.7. The molecule has 1 aromatic heterocycles. The summed E-state index contributed by atoms with van der Waals surface area (Å²) in [6.45, 7) is 0.696. The molecule has 1 aromatic rings. The van der Waals surface area contributed by atoms with E-state index in [4.69, 9.17) is 4.74 Å². The Hall–Kier alpha value is 0.680. The monoisotopic (exact) mass is 368 g/mol. The van der Waals surface area contributed by atoms with Gasteiger partial charge in [0, 0.05) is 18.2 Å². The number of phosphoric acid groups is 1. The van der Waals surface area contributed by atoms with Crippen molar-refractivity contribution < 1.29 is 87.1 Å². The minimum absolute atomic E-state index is 0. The van der Waals surface area contributed by atoms with E-state index in [0.29, 0.717) is 0 Å². The summed E-state index contributed by atoms with van der Waals surface area (Å²) in [4.78, 5) is 45.6. The van der Waals surface area contributed by atoms with Gasteiger partial charge in [0.2, 0.25) is 0 Å². The molecule has 2 heterocycles. The van der Waals surface area contributed by atoms with Gasteiger partial charge in [-0.05, 0) is 6.92 Å². The molecule has 9 nitrogen and oxygen atoms in total. The largest absolute Gasteiger partial charge is 1.00 e. The quantitative estimate of drug-likeness (QED) is 0.412. The van der Waals surface area contributed by atoms with E-state index in [1.54, 1.807) is 0 Å². The van der Waals surface area contributed by atoms with Crippen molar-refractivity contribution in [3.05, 3.63) is 32.6 Å². The summed E-state index contributed by atoms with van der Waals surface area (Å²) < 4.78 is 34.2. The Balaban J connectivity index is 0.00000242. The first-order valence-electron chi connectivity index (χ1n) is 5.95. The van der Waals surface area contributed by atoms with E-state index < -0.39 is 44.2 Å². The summed E-state index contributed by atoms with van der Waals surface area (Å²) in [7, 11) is -5.22. The van der Waals surface area contributed by atoms with Gasteiger partial charge in [-0.25, -0.2) is 9.18 Å². The summed E-state index contributed by atoms with van der Waals surface area (Å²) in [6.07, 6.45) is -2.93.